The summed E-state index contributed by atoms with van der Waals surface area (Å²) in [6.07, 6.45) is 1.29. The van der Waals surface area contributed by atoms with Gasteiger partial charge >= 0.3 is 0 Å². The number of hydrogen-bond donors (Lipinski definition) is 2. The van der Waals surface area contributed by atoms with Crippen LogP contribution in [0.4, 0.5) is 5.88 Å². The van der Waals surface area contributed by atoms with Gasteiger partial charge < -0.3 is 15.3 Å². The number of anilines is 1. The fourth-order valence-corrected chi connectivity index (χ4v) is 1.53. The van der Waals surface area contributed by atoms with Gasteiger partial charge in [0.25, 0.3) is 0 Å². The molecule has 1 heterocycles. The van der Waals surface area contributed by atoms with Crippen molar-refractivity contribution in [1.82, 2.24) is 0 Å². The first-order valence-electron chi connectivity index (χ1n) is 4.62. The lowest BCUT2D eigenvalue weighted by Crippen LogP contribution is -2.23. The van der Waals surface area contributed by atoms with Gasteiger partial charge in [0.05, 0.1) is 5.60 Å². The van der Waals surface area contributed by atoms with Crippen molar-refractivity contribution in [2.24, 2.45) is 0 Å². The van der Waals surface area contributed by atoms with E-state index in [1.807, 2.05) is 26.8 Å². The normalized spacial score (nSPS) is 12.0. The molecule has 13 heavy (non-hydrogen) atoms. The van der Waals surface area contributed by atoms with E-state index in [2.05, 4.69) is 0 Å². The van der Waals surface area contributed by atoms with Crippen LogP contribution in [0.15, 0.2) is 10.5 Å². The third-order valence-corrected chi connectivity index (χ3v) is 2.56. The number of furan rings is 1. The maximum atomic E-state index is 10.2. The van der Waals surface area contributed by atoms with E-state index in [4.69, 9.17) is 10.2 Å². The summed E-state index contributed by atoms with van der Waals surface area (Å²) in [5.74, 6) is 1.08. The third kappa shape index (κ3) is 1.70. The molecule has 0 unspecified atom stereocenters. The van der Waals surface area contributed by atoms with Crippen molar-refractivity contribution < 1.29 is 9.52 Å². The van der Waals surface area contributed by atoms with Gasteiger partial charge in [0.1, 0.15) is 5.76 Å². The zero-order chi connectivity index (χ0) is 10.1. The molecule has 0 atom stereocenters. The van der Waals surface area contributed by atoms with Gasteiger partial charge in [-0.3, -0.25) is 0 Å². The summed E-state index contributed by atoms with van der Waals surface area (Å²) in [6.45, 7) is 5.70. The van der Waals surface area contributed by atoms with Crippen molar-refractivity contribution in [3.8, 4) is 0 Å². The summed E-state index contributed by atoms with van der Waals surface area (Å²) in [7, 11) is 0. The summed E-state index contributed by atoms with van der Waals surface area (Å²) in [5, 5.41) is 10.2. The van der Waals surface area contributed by atoms with Crippen LogP contribution in [0.5, 0.6) is 0 Å². The van der Waals surface area contributed by atoms with E-state index < -0.39 is 5.60 Å². The first-order chi connectivity index (χ1) is 6.03. The largest absolute Gasteiger partial charge is 0.446 e. The Morgan fingerprint density at radius 2 is 2.00 bits per heavy atom. The Morgan fingerprint density at radius 1 is 1.46 bits per heavy atom. The van der Waals surface area contributed by atoms with Crippen LogP contribution in [0.2, 0.25) is 0 Å². The smallest absolute Gasteiger partial charge is 0.196 e. The van der Waals surface area contributed by atoms with E-state index in [-0.39, 0.29) is 0 Å². The van der Waals surface area contributed by atoms with Crippen molar-refractivity contribution in [2.75, 3.05) is 5.73 Å². The van der Waals surface area contributed by atoms with Crippen LogP contribution in [-0.2, 0) is 5.60 Å². The molecule has 0 amide bonds. The second kappa shape index (κ2) is 3.42. The Hall–Kier alpha value is -0.960. The summed E-state index contributed by atoms with van der Waals surface area (Å²) >= 11 is 0. The minimum Gasteiger partial charge on any atom is -0.446 e. The predicted molar refractivity (Wildman–Crippen MR) is 52.3 cm³/mol. The van der Waals surface area contributed by atoms with Gasteiger partial charge in [0.2, 0.25) is 0 Å². The molecule has 0 aromatic carbocycles. The first-order valence-corrected chi connectivity index (χ1v) is 4.62. The van der Waals surface area contributed by atoms with Gasteiger partial charge in [-0.25, -0.2) is 0 Å². The van der Waals surface area contributed by atoms with Crippen LogP contribution in [0.25, 0.3) is 0 Å². The minimum atomic E-state index is -0.832. The van der Waals surface area contributed by atoms with Crippen LogP contribution in [0.3, 0.4) is 0 Å². The Kier molecular flexibility index (Phi) is 2.66. The van der Waals surface area contributed by atoms with Crippen LogP contribution in [0, 0.1) is 6.92 Å². The van der Waals surface area contributed by atoms with Gasteiger partial charge in [-0.1, -0.05) is 13.8 Å². The zero-order valence-corrected chi connectivity index (χ0v) is 8.42. The first kappa shape index (κ1) is 10.1. The average molecular weight is 183 g/mol. The Bertz CT molecular complexity index is 287. The maximum Gasteiger partial charge on any atom is 0.196 e. The molecule has 1 aromatic rings. The second-order valence-corrected chi connectivity index (χ2v) is 3.37. The third-order valence-electron chi connectivity index (χ3n) is 2.56. The highest BCUT2D eigenvalue weighted by molar-refractivity contribution is 5.42. The summed E-state index contributed by atoms with van der Waals surface area (Å²) in [4.78, 5) is 0. The van der Waals surface area contributed by atoms with E-state index in [1.165, 1.54) is 0 Å². The van der Waals surface area contributed by atoms with E-state index >= 15 is 0 Å². The van der Waals surface area contributed by atoms with E-state index in [1.54, 1.807) is 0 Å². The number of aryl methyl sites for hydroxylation is 1. The lowest BCUT2D eigenvalue weighted by atomic mass is 9.90. The van der Waals surface area contributed by atoms with Gasteiger partial charge in [-0.05, 0) is 25.8 Å². The van der Waals surface area contributed by atoms with Crippen LogP contribution >= 0.6 is 0 Å². The molecule has 0 bridgehead atoms. The molecule has 0 fully saturated rings. The zero-order valence-electron chi connectivity index (χ0n) is 8.42. The highest BCUT2D eigenvalue weighted by Crippen LogP contribution is 2.34. The standard InChI is InChI=1S/C10H17NO2/c1-4-10(12,5-2)8-6-7(3)13-9(8)11/h6,12H,4-5,11H2,1-3H3. The van der Waals surface area contributed by atoms with Gasteiger partial charge in [-0.2, -0.15) is 0 Å². The summed E-state index contributed by atoms with van der Waals surface area (Å²) in [6, 6.07) is 1.81. The fraction of sp³-hybridized carbons (Fsp3) is 0.600. The molecule has 0 saturated heterocycles. The SMILES string of the molecule is CCC(O)(CC)c1cc(C)oc1N. The Labute approximate surface area is 78.5 Å². The molecule has 0 saturated carbocycles. The quantitative estimate of drug-likeness (QED) is 0.755. The lowest BCUT2D eigenvalue weighted by molar-refractivity contribution is 0.0288. The lowest BCUT2D eigenvalue weighted by Gasteiger charge is -2.24. The summed E-state index contributed by atoms with van der Waals surface area (Å²) < 4.78 is 5.18. The van der Waals surface area contributed by atoms with Crippen molar-refractivity contribution in [1.29, 1.82) is 0 Å². The van der Waals surface area contributed by atoms with Crippen molar-refractivity contribution >= 4 is 5.88 Å². The molecular weight excluding hydrogens is 166 g/mol. The molecule has 1 aromatic heterocycles. The van der Waals surface area contributed by atoms with Gasteiger partial charge in [-0.15, -0.1) is 0 Å². The molecule has 74 valence electrons. The molecule has 0 radical (unpaired) electrons. The van der Waals surface area contributed by atoms with Crippen LogP contribution in [0.1, 0.15) is 38.0 Å². The fourth-order valence-electron chi connectivity index (χ4n) is 1.53. The van der Waals surface area contributed by atoms with E-state index in [0.717, 1.165) is 11.3 Å². The molecular formula is C10H17NO2. The second-order valence-electron chi connectivity index (χ2n) is 3.37. The number of hydrogen-bond acceptors (Lipinski definition) is 3. The molecule has 3 N–H and O–H groups in total. The van der Waals surface area contributed by atoms with Gasteiger partial charge in [0, 0.05) is 5.56 Å². The van der Waals surface area contributed by atoms with E-state index in [0.29, 0.717) is 18.7 Å². The van der Waals surface area contributed by atoms with E-state index in [9.17, 15) is 5.11 Å². The summed E-state index contributed by atoms with van der Waals surface area (Å²) in [5.41, 5.74) is 5.54. The monoisotopic (exact) mass is 183 g/mol. The average Bonchev–Trinajstić information content (AvgIpc) is 2.44. The molecule has 1 rings (SSSR count). The minimum absolute atomic E-state index is 0.337. The highest BCUT2D eigenvalue weighted by atomic mass is 16.4. The van der Waals surface area contributed by atoms with Gasteiger partial charge in [0.15, 0.2) is 5.88 Å². The number of aliphatic hydroxyl groups is 1. The molecule has 0 spiro atoms. The maximum absolute atomic E-state index is 10.2. The number of rotatable bonds is 3. The van der Waals surface area contributed by atoms with Crippen LogP contribution in [-0.4, -0.2) is 5.11 Å². The molecule has 0 aliphatic carbocycles. The Morgan fingerprint density at radius 3 is 2.31 bits per heavy atom. The number of nitrogens with two attached hydrogens (primary N) is 1. The Balaban J connectivity index is 3.11. The molecule has 3 nitrogen and oxygen atoms in total. The predicted octanol–water partition coefficient (Wildman–Crippen LogP) is 2.18. The molecule has 3 heteroatoms. The van der Waals surface area contributed by atoms with Crippen molar-refractivity contribution in [3.05, 3.63) is 17.4 Å². The topological polar surface area (TPSA) is 59.4 Å². The molecule has 0 aliphatic rings. The number of nitrogen functional groups attached to an aromatic ring is 1. The van der Waals surface area contributed by atoms with Crippen molar-refractivity contribution in [3.63, 3.8) is 0 Å². The molecule has 0 aliphatic heterocycles. The van der Waals surface area contributed by atoms with Crippen molar-refractivity contribution in [2.45, 2.75) is 39.2 Å². The highest BCUT2D eigenvalue weighted by Gasteiger charge is 2.29. The van der Waals surface area contributed by atoms with Crippen LogP contribution < -0.4 is 5.73 Å².